The van der Waals surface area contributed by atoms with E-state index in [-0.39, 0.29) is 5.91 Å². The third-order valence-electron chi connectivity index (χ3n) is 4.20. The highest BCUT2D eigenvalue weighted by Gasteiger charge is 2.11. The topological polar surface area (TPSA) is 55.1 Å². The smallest absolute Gasteiger partial charge is 0.255 e. The lowest BCUT2D eigenvalue weighted by atomic mass is 10.1. The van der Waals surface area contributed by atoms with Gasteiger partial charge in [-0.25, -0.2) is 4.98 Å². The fourth-order valence-electron chi connectivity index (χ4n) is 3.06. The number of oxazole rings is 1. The van der Waals surface area contributed by atoms with Crippen LogP contribution in [0.15, 0.2) is 65.1 Å². The van der Waals surface area contributed by atoms with Gasteiger partial charge in [-0.15, -0.1) is 0 Å². The Morgan fingerprint density at radius 2 is 1.78 bits per heavy atom. The lowest BCUT2D eigenvalue weighted by Crippen LogP contribution is -2.12. The molecule has 0 aliphatic heterocycles. The van der Waals surface area contributed by atoms with Gasteiger partial charge in [-0.2, -0.15) is 0 Å². The molecule has 0 saturated heterocycles. The summed E-state index contributed by atoms with van der Waals surface area (Å²) in [6.07, 6.45) is 0. The zero-order chi connectivity index (χ0) is 19.0. The average molecular weight is 377 g/mol. The molecule has 0 fully saturated rings. The van der Waals surface area contributed by atoms with Crippen molar-refractivity contribution >= 4 is 34.3 Å². The highest BCUT2D eigenvalue weighted by molar-refractivity contribution is 6.31. The van der Waals surface area contributed by atoms with Crippen molar-refractivity contribution in [3.63, 3.8) is 0 Å². The normalized spacial score (nSPS) is 10.9. The molecule has 0 aliphatic rings. The first kappa shape index (κ1) is 17.3. The number of carbonyl (C=O) groups excluding carboxylic acids is 1. The van der Waals surface area contributed by atoms with Crippen LogP contribution in [0.5, 0.6) is 0 Å². The molecule has 4 rings (SSSR count). The van der Waals surface area contributed by atoms with Crippen LogP contribution < -0.4 is 5.32 Å². The first-order chi connectivity index (χ1) is 13.0. The second kappa shape index (κ2) is 6.89. The van der Waals surface area contributed by atoms with E-state index in [1.807, 2.05) is 56.3 Å². The summed E-state index contributed by atoms with van der Waals surface area (Å²) in [6.45, 7) is 3.95. The van der Waals surface area contributed by atoms with Crippen LogP contribution in [-0.2, 0) is 0 Å². The Kier molecular flexibility index (Phi) is 4.42. The summed E-state index contributed by atoms with van der Waals surface area (Å²) in [5.41, 5.74) is 5.56. The average Bonchev–Trinajstić information content (AvgIpc) is 3.04. The number of hydrogen-bond donors (Lipinski definition) is 1. The van der Waals surface area contributed by atoms with E-state index in [0.717, 1.165) is 16.7 Å². The molecular formula is C22H17ClN2O2. The number of fused-ring (bicyclic) bond motifs is 1. The van der Waals surface area contributed by atoms with E-state index in [1.165, 1.54) is 0 Å². The minimum atomic E-state index is -0.150. The van der Waals surface area contributed by atoms with Gasteiger partial charge in [0.2, 0.25) is 5.89 Å². The minimum Gasteiger partial charge on any atom is -0.436 e. The van der Waals surface area contributed by atoms with Gasteiger partial charge < -0.3 is 9.73 Å². The predicted molar refractivity (Wildman–Crippen MR) is 108 cm³/mol. The molecule has 27 heavy (non-hydrogen) atoms. The Labute approximate surface area is 161 Å². The Hall–Kier alpha value is -3.11. The minimum absolute atomic E-state index is 0.150. The van der Waals surface area contributed by atoms with Gasteiger partial charge in [-0.05, 0) is 62.4 Å². The highest BCUT2D eigenvalue weighted by atomic mass is 35.5. The number of aromatic nitrogens is 1. The van der Waals surface area contributed by atoms with Crippen LogP contribution in [0.1, 0.15) is 21.5 Å². The molecular weight excluding hydrogens is 360 g/mol. The van der Waals surface area contributed by atoms with Crippen LogP contribution in [0.2, 0.25) is 5.02 Å². The second-order valence-corrected chi connectivity index (χ2v) is 6.98. The fraction of sp³-hybridized carbons (Fsp3) is 0.0909. The van der Waals surface area contributed by atoms with Crippen LogP contribution in [0.3, 0.4) is 0 Å². The van der Waals surface area contributed by atoms with E-state index in [0.29, 0.717) is 33.3 Å². The maximum absolute atomic E-state index is 12.6. The van der Waals surface area contributed by atoms with Crippen LogP contribution in [0, 0.1) is 13.8 Å². The Bertz CT molecular complexity index is 1140. The van der Waals surface area contributed by atoms with Gasteiger partial charge in [-0.3, -0.25) is 4.79 Å². The summed E-state index contributed by atoms with van der Waals surface area (Å²) >= 11 is 6.01. The van der Waals surface area contributed by atoms with Crippen LogP contribution in [0.25, 0.3) is 22.6 Å². The fourth-order valence-corrected chi connectivity index (χ4v) is 3.23. The first-order valence-corrected chi connectivity index (χ1v) is 8.92. The maximum atomic E-state index is 12.6. The molecule has 4 nitrogen and oxygen atoms in total. The van der Waals surface area contributed by atoms with E-state index < -0.39 is 0 Å². The molecule has 0 spiro atoms. The summed E-state index contributed by atoms with van der Waals surface area (Å²) in [5.74, 6) is 0.332. The number of aryl methyl sites for hydroxylation is 2. The van der Waals surface area contributed by atoms with E-state index >= 15 is 0 Å². The maximum Gasteiger partial charge on any atom is 0.255 e. The number of halogens is 1. The van der Waals surface area contributed by atoms with Crippen molar-refractivity contribution in [3.05, 3.63) is 82.4 Å². The summed E-state index contributed by atoms with van der Waals surface area (Å²) in [6, 6.07) is 18.5. The van der Waals surface area contributed by atoms with Crippen molar-refractivity contribution in [2.45, 2.75) is 13.8 Å². The largest absolute Gasteiger partial charge is 0.436 e. The molecule has 1 amide bonds. The van der Waals surface area contributed by atoms with Crippen molar-refractivity contribution < 1.29 is 9.21 Å². The number of hydrogen-bond acceptors (Lipinski definition) is 3. The lowest BCUT2D eigenvalue weighted by Gasteiger charge is -2.08. The number of benzene rings is 3. The van der Waals surface area contributed by atoms with Crippen molar-refractivity contribution in [3.8, 4) is 11.5 Å². The monoisotopic (exact) mass is 376 g/mol. The van der Waals surface area contributed by atoms with Crippen LogP contribution in [0.4, 0.5) is 5.69 Å². The summed E-state index contributed by atoms with van der Waals surface area (Å²) in [4.78, 5) is 17.1. The molecule has 4 aromatic rings. The molecule has 1 aromatic heterocycles. The number of rotatable bonds is 3. The van der Waals surface area contributed by atoms with E-state index in [1.54, 1.807) is 18.2 Å². The molecule has 5 heteroatoms. The Morgan fingerprint density at radius 1 is 1.00 bits per heavy atom. The molecule has 0 radical (unpaired) electrons. The number of carbonyl (C=O) groups is 1. The molecule has 0 bridgehead atoms. The van der Waals surface area contributed by atoms with Crippen molar-refractivity contribution in [1.29, 1.82) is 0 Å². The number of anilines is 1. The van der Waals surface area contributed by atoms with Crippen molar-refractivity contribution in [1.82, 2.24) is 4.98 Å². The molecule has 0 atom stereocenters. The number of nitrogens with zero attached hydrogens (tertiary/aromatic N) is 1. The zero-order valence-electron chi connectivity index (χ0n) is 14.9. The van der Waals surface area contributed by atoms with E-state index in [4.69, 9.17) is 16.0 Å². The predicted octanol–water partition coefficient (Wildman–Crippen LogP) is 6.02. The van der Waals surface area contributed by atoms with Crippen molar-refractivity contribution in [2.24, 2.45) is 0 Å². The summed E-state index contributed by atoms with van der Waals surface area (Å²) < 4.78 is 5.80. The summed E-state index contributed by atoms with van der Waals surface area (Å²) in [5, 5.41) is 3.54. The van der Waals surface area contributed by atoms with Gasteiger partial charge in [0.25, 0.3) is 5.91 Å². The molecule has 3 aromatic carbocycles. The molecule has 134 valence electrons. The van der Waals surface area contributed by atoms with Crippen LogP contribution in [-0.4, -0.2) is 10.9 Å². The number of nitrogens with one attached hydrogen (secondary N) is 1. The summed E-state index contributed by atoms with van der Waals surface area (Å²) in [7, 11) is 0. The standard InChI is InChI=1S/C22H17ClN2O2/c1-13-8-14(2)10-16(9-13)21(26)24-18-5-3-4-15(11-18)22-25-19-12-17(23)6-7-20(19)27-22/h3-12H,1-2H3,(H,24,26). The third-order valence-corrected chi connectivity index (χ3v) is 4.44. The molecule has 1 heterocycles. The van der Waals surface area contributed by atoms with Crippen molar-refractivity contribution in [2.75, 3.05) is 5.32 Å². The van der Waals surface area contributed by atoms with Gasteiger partial charge in [-0.1, -0.05) is 34.9 Å². The quantitative estimate of drug-likeness (QED) is 0.475. The Morgan fingerprint density at radius 3 is 2.56 bits per heavy atom. The number of amides is 1. The van der Waals surface area contributed by atoms with Gasteiger partial charge >= 0.3 is 0 Å². The molecule has 0 aliphatic carbocycles. The highest BCUT2D eigenvalue weighted by Crippen LogP contribution is 2.28. The molecule has 0 unspecified atom stereocenters. The zero-order valence-corrected chi connectivity index (χ0v) is 15.7. The first-order valence-electron chi connectivity index (χ1n) is 8.54. The van der Waals surface area contributed by atoms with Gasteiger partial charge in [0.1, 0.15) is 5.52 Å². The lowest BCUT2D eigenvalue weighted by molar-refractivity contribution is 0.102. The van der Waals surface area contributed by atoms with E-state index in [2.05, 4.69) is 10.3 Å². The third kappa shape index (κ3) is 3.71. The second-order valence-electron chi connectivity index (χ2n) is 6.54. The van der Waals surface area contributed by atoms with Gasteiger partial charge in [0.05, 0.1) is 0 Å². The SMILES string of the molecule is Cc1cc(C)cc(C(=O)Nc2cccc(-c3nc4cc(Cl)ccc4o3)c2)c1. The molecule has 0 saturated carbocycles. The van der Waals surface area contributed by atoms with Crippen LogP contribution >= 0.6 is 11.6 Å². The molecule has 1 N–H and O–H groups in total. The van der Waals surface area contributed by atoms with Gasteiger partial charge in [0, 0.05) is 21.8 Å². The Balaban J connectivity index is 1.62. The van der Waals surface area contributed by atoms with E-state index in [9.17, 15) is 4.79 Å². The van der Waals surface area contributed by atoms with Gasteiger partial charge in [0.15, 0.2) is 5.58 Å².